The molecule has 3 aromatic rings. The molecule has 0 saturated heterocycles. The van der Waals surface area contributed by atoms with Crippen LogP contribution in [0.25, 0.3) is 0 Å². The van der Waals surface area contributed by atoms with E-state index in [4.69, 9.17) is 0 Å². The highest BCUT2D eigenvalue weighted by Crippen LogP contribution is 2.19. The molecule has 0 spiro atoms. The summed E-state index contributed by atoms with van der Waals surface area (Å²) in [6.45, 7) is 6.81. The number of benzene rings is 2. The summed E-state index contributed by atoms with van der Waals surface area (Å²) in [7, 11) is 0. The van der Waals surface area contributed by atoms with Crippen molar-refractivity contribution in [2.24, 2.45) is 0 Å². The van der Waals surface area contributed by atoms with Gasteiger partial charge in [-0.1, -0.05) is 18.2 Å². The minimum atomic E-state index is -0.217. The van der Waals surface area contributed by atoms with E-state index in [0.717, 1.165) is 29.2 Å². The average molecular weight is 350 g/mol. The molecule has 134 valence electrons. The molecular formula is C21H23FN4. The van der Waals surface area contributed by atoms with Crippen LogP contribution >= 0.6 is 0 Å². The molecule has 0 amide bonds. The number of aryl methyl sites for hydroxylation is 3. The van der Waals surface area contributed by atoms with E-state index in [2.05, 4.69) is 46.6 Å². The van der Waals surface area contributed by atoms with Crippen LogP contribution in [0.1, 0.15) is 22.4 Å². The lowest BCUT2D eigenvalue weighted by Gasteiger charge is -2.11. The Morgan fingerprint density at radius 1 is 0.885 bits per heavy atom. The number of anilines is 3. The van der Waals surface area contributed by atoms with Crippen LogP contribution < -0.4 is 10.6 Å². The summed E-state index contributed by atoms with van der Waals surface area (Å²) < 4.78 is 12.9. The summed E-state index contributed by atoms with van der Waals surface area (Å²) in [5.74, 6) is 1.12. The molecule has 0 aliphatic heterocycles. The maximum atomic E-state index is 12.9. The molecule has 0 saturated carbocycles. The summed E-state index contributed by atoms with van der Waals surface area (Å²) in [5.41, 5.74) is 5.45. The van der Waals surface area contributed by atoms with Crippen molar-refractivity contribution in [1.29, 1.82) is 0 Å². The molecule has 0 aliphatic rings. The number of rotatable bonds is 6. The zero-order valence-electron chi connectivity index (χ0n) is 15.3. The number of nitrogens with zero attached hydrogens (tertiary/aromatic N) is 2. The van der Waals surface area contributed by atoms with E-state index in [-0.39, 0.29) is 5.82 Å². The van der Waals surface area contributed by atoms with Gasteiger partial charge < -0.3 is 10.6 Å². The van der Waals surface area contributed by atoms with Crippen LogP contribution in [-0.2, 0) is 6.42 Å². The molecule has 2 N–H and O–H groups in total. The fourth-order valence-electron chi connectivity index (χ4n) is 2.65. The molecule has 0 atom stereocenters. The van der Waals surface area contributed by atoms with E-state index in [1.165, 1.54) is 23.3 Å². The Bertz CT molecular complexity index is 891. The predicted molar refractivity (Wildman–Crippen MR) is 105 cm³/mol. The van der Waals surface area contributed by atoms with Crippen molar-refractivity contribution in [1.82, 2.24) is 9.97 Å². The Morgan fingerprint density at radius 3 is 2.38 bits per heavy atom. The van der Waals surface area contributed by atoms with E-state index in [1.807, 2.05) is 19.1 Å². The summed E-state index contributed by atoms with van der Waals surface area (Å²) >= 11 is 0. The van der Waals surface area contributed by atoms with E-state index in [1.54, 1.807) is 12.1 Å². The van der Waals surface area contributed by atoms with Crippen LogP contribution in [0.3, 0.4) is 0 Å². The first-order valence-electron chi connectivity index (χ1n) is 8.68. The maximum Gasteiger partial charge on any atom is 0.224 e. The van der Waals surface area contributed by atoms with E-state index in [0.29, 0.717) is 12.5 Å². The molecule has 4 nitrogen and oxygen atoms in total. The standard InChI is InChI=1S/C21H23FN4/c1-14-4-9-19(12-15(14)2)25-20-13-16(3)24-21(26-20)23-11-10-17-5-7-18(22)8-6-17/h4-9,12-13H,10-11H2,1-3H3,(H2,23,24,25,26). The van der Waals surface area contributed by atoms with Crippen molar-refractivity contribution in [2.45, 2.75) is 27.2 Å². The number of hydrogen-bond acceptors (Lipinski definition) is 4. The third kappa shape index (κ3) is 4.79. The topological polar surface area (TPSA) is 49.8 Å². The average Bonchev–Trinajstić information content (AvgIpc) is 2.59. The van der Waals surface area contributed by atoms with Gasteiger partial charge in [-0.15, -0.1) is 0 Å². The van der Waals surface area contributed by atoms with Crippen LogP contribution in [0.4, 0.5) is 21.8 Å². The SMILES string of the molecule is Cc1cc(Nc2ccc(C)c(C)c2)nc(NCCc2ccc(F)cc2)n1. The molecule has 2 aromatic carbocycles. The molecule has 0 aliphatic carbocycles. The first-order chi connectivity index (χ1) is 12.5. The zero-order chi connectivity index (χ0) is 18.5. The molecule has 5 heteroatoms. The van der Waals surface area contributed by atoms with Gasteiger partial charge in [0.1, 0.15) is 11.6 Å². The maximum absolute atomic E-state index is 12.9. The fraction of sp³-hybridized carbons (Fsp3) is 0.238. The van der Waals surface area contributed by atoms with Crippen LogP contribution in [0.15, 0.2) is 48.5 Å². The summed E-state index contributed by atoms with van der Waals surface area (Å²) in [5, 5.41) is 6.57. The van der Waals surface area contributed by atoms with Gasteiger partial charge in [-0.25, -0.2) is 9.37 Å². The highest BCUT2D eigenvalue weighted by molar-refractivity contribution is 5.59. The normalized spacial score (nSPS) is 10.6. The van der Waals surface area contributed by atoms with Crippen molar-refractivity contribution in [2.75, 3.05) is 17.2 Å². The lowest BCUT2D eigenvalue weighted by atomic mass is 10.1. The smallest absolute Gasteiger partial charge is 0.224 e. The zero-order valence-corrected chi connectivity index (χ0v) is 15.3. The van der Waals surface area contributed by atoms with E-state index in [9.17, 15) is 4.39 Å². The minimum absolute atomic E-state index is 0.217. The second-order valence-electron chi connectivity index (χ2n) is 6.45. The third-order valence-corrected chi connectivity index (χ3v) is 4.24. The molecule has 26 heavy (non-hydrogen) atoms. The lowest BCUT2D eigenvalue weighted by Crippen LogP contribution is -2.09. The van der Waals surface area contributed by atoms with Crippen molar-refractivity contribution >= 4 is 17.5 Å². The second-order valence-corrected chi connectivity index (χ2v) is 6.45. The number of nitrogens with one attached hydrogen (secondary N) is 2. The molecule has 3 rings (SSSR count). The molecule has 0 bridgehead atoms. The van der Waals surface area contributed by atoms with Gasteiger partial charge >= 0.3 is 0 Å². The van der Waals surface area contributed by atoms with Gasteiger partial charge in [-0.3, -0.25) is 0 Å². The van der Waals surface area contributed by atoms with Crippen LogP contribution in [0, 0.1) is 26.6 Å². The second kappa shape index (κ2) is 7.95. The van der Waals surface area contributed by atoms with Gasteiger partial charge in [-0.2, -0.15) is 4.98 Å². The molecule has 0 fully saturated rings. The summed E-state index contributed by atoms with van der Waals surface area (Å²) in [4.78, 5) is 8.96. The van der Waals surface area contributed by atoms with Gasteiger partial charge in [0.15, 0.2) is 0 Å². The first-order valence-corrected chi connectivity index (χ1v) is 8.68. The van der Waals surface area contributed by atoms with E-state index >= 15 is 0 Å². The van der Waals surface area contributed by atoms with Gasteiger partial charge in [-0.05, 0) is 68.1 Å². The van der Waals surface area contributed by atoms with Crippen molar-refractivity contribution in [3.05, 3.63) is 76.7 Å². The monoisotopic (exact) mass is 350 g/mol. The molecular weight excluding hydrogens is 327 g/mol. The van der Waals surface area contributed by atoms with Crippen LogP contribution in [0.5, 0.6) is 0 Å². The largest absolute Gasteiger partial charge is 0.354 e. The molecule has 0 unspecified atom stereocenters. The Morgan fingerprint density at radius 2 is 1.65 bits per heavy atom. The minimum Gasteiger partial charge on any atom is -0.354 e. The Balaban J connectivity index is 1.65. The van der Waals surface area contributed by atoms with Crippen molar-refractivity contribution in [3.8, 4) is 0 Å². The predicted octanol–water partition coefficient (Wildman–Crippen LogP) is 4.94. The van der Waals surface area contributed by atoms with Crippen molar-refractivity contribution < 1.29 is 4.39 Å². The Hall–Kier alpha value is -2.95. The van der Waals surface area contributed by atoms with Gasteiger partial charge in [0.2, 0.25) is 5.95 Å². The highest BCUT2D eigenvalue weighted by atomic mass is 19.1. The highest BCUT2D eigenvalue weighted by Gasteiger charge is 2.04. The fourth-order valence-corrected chi connectivity index (χ4v) is 2.65. The van der Waals surface area contributed by atoms with Gasteiger partial charge in [0, 0.05) is 24.0 Å². The Kier molecular flexibility index (Phi) is 5.46. The van der Waals surface area contributed by atoms with Gasteiger partial charge in [0.05, 0.1) is 0 Å². The number of aromatic nitrogens is 2. The van der Waals surface area contributed by atoms with E-state index < -0.39 is 0 Å². The van der Waals surface area contributed by atoms with Crippen LogP contribution in [0.2, 0.25) is 0 Å². The third-order valence-electron chi connectivity index (χ3n) is 4.24. The summed E-state index contributed by atoms with van der Waals surface area (Å²) in [6, 6.07) is 14.7. The number of hydrogen-bond donors (Lipinski definition) is 2. The van der Waals surface area contributed by atoms with Crippen LogP contribution in [-0.4, -0.2) is 16.5 Å². The molecule has 0 radical (unpaired) electrons. The lowest BCUT2D eigenvalue weighted by molar-refractivity contribution is 0.627. The number of halogens is 1. The Labute approximate surface area is 153 Å². The first kappa shape index (κ1) is 17.9. The molecule has 1 heterocycles. The van der Waals surface area contributed by atoms with Gasteiger partial charge in [0.25, 0.3) is 0 Å². The summed E-state index contributed by atoms with van der Waals surface area (Å²) in [6.07, 6.45) is 0.775. The molecule has 1 aromatic heterocycles. The quantitative estimate of drug-likeness (QED) is 0.661. The van der Waals surface area contributed by atoms with Crippen molar-refractivity contribution in [3.63, 3.8) is 0 Å².